The van der Waals surface area contributed by atoms with Gasteiger partial charge in [0, 0.05) is 12.2 Å². The van der Waals surface area contributed by atoms with Crippen LogP contribution in [0.1, 0.15) is 29.0 Å². The second-order valence-corrected chi connectivity index (χ2v) is 4.48. The molecule has 2 aromatic heterocycles. The molecule has 0 bridgehead atoms. The Kier molecular flexibility index (Phi) is 2.51. The van der Waals surface area contributed by atoms with Gasteiger partial charge in [0.25, 0.3) is 5.91 Å². The van der Waals surface area contributed by atoms with Crippen LogP contribution < -0.4 is 5.32 Å². The van der Waals surface area contributed by atoms with Crippen molar-refractivity contribution in [1.82, 2.24) is 14.7 Å². The third-order valence-electron chi connectivity index (χ3n) is 2.93. The van der Waals surface area contributed by atoms with Crippen molar-refractivity contribution < 1.29 is 18.0 Å². The largest absolute Gasteiger partial charge is 0.435 e. The van der Waals surface area contributed by atoms with Crippen molar-refractivity contribution in [3.63, 3.8) is 0 Å². The van der Waals surface area contributed by atoms with Crippen LogP contribution in [-0.4, -0.2) is 21.3 Å². The molecule has 1 aliphatic rings. The Labute approximate surface area is 106 Å². The number of hydrogen-bond donors (Lipinski definition) is 1. The number of imidazole rings is 1. The van der Waals surface area contributed by atoms with E-state index in [0.29, 0.717) is 0 Å². The van der Waals surface area contributed by atoms with Crippen LogP contribution >= 0.6 is 0 Å². The van der Waals surface area contributed by atoms with Gasteiger partial charge in [0.2, 0.25) is 0 Å². The summed E-state index contributed by atoms with van der Waals surface area (Å²) in [5.41, 5.74) is -1.48. The fourth-order valence-electron chi connectivity index (χ4n) is 1.89. The molecular weight excluding hydrogens is 259 g/mol. The molecule has 1 fully saturated rings. The summed E-state index contributed by atoms with van der Waals surface area (Å²) in [4.78, 5) is 15.5. The van der Waals surface area contributed by atoms with E-state index in [1.54, 1.807) is 12.1 Å². The van der Waals surface area contributed by atoms with Crippen LogP contribution in [0.5, 0.6) is 0 Å². The van der Waals surface area contributed by atoms with Crippen molar-refractivity contribution in [2.45, 2.75) is 25.1 Å². The van der Waals surface area contributed by atoms with Crippen molar-refractivity contribution in [2.24, 2.45) is 0 Å². The predicted octanol–water partition coefficient (Wildman–Crippen LogP) is 2.25. The monoisotopic (exact) mass is 269 g/mol. The summed E-state index contributed by atoms with van der Waals surface area (Å²) in [5, 5.41) is 2.56. The lowest BCUT2D eigenvalue weighted by molar-refractivity contribution is -0.141. The number of nitrogens with zero attached hydrogens (tertiary/aromatic N) is 2. The van der Waals surface area contributed by atoms with Gasteiger partial charge in [0.05, 0.1) is 0 Å². The van der Waals surface area contributed by atoms with Crippen LogP contribution in [0.15, 0.2) is 24.4 Å². The van der Waals surface area contributed by atoms with E-state index in [9.17, 15) is 18.0 Å². The van der Waals surface area contributed by atoms with Gasteiger partial charge in [-0.1, -0.05) is 6.07 Å². The first-order chi connectivity index (χ1) is 8.97. The molecule has 0 unspecified atom stereocenters. The third kappa shape index (κ3) is 2.16. The number of nitrogens with one attached hydrogen (secondary N) is 1. The smallest absolute Gasteiger partial charge is 0.348 e. The minimum absolute atomic E-state index is 0.0113. The molecule has 0 radical (unpaired) electrons. The highest BCUT2D eigenvalue weighted by Gasteiger charge is 2.40. The molecule has 7 heteroatoms. The van der Waals surface area contributed by atoms with E-state index in [2.05, 4.69) is 10.3 Å². The quantitative estimate of drug-likeness (QED) is 0.908. The number of carbonyl (C=O) groups is 1. The normalized spacial score (nSPS) is 15.7. The number of hydrogen-bond acceptors (Lipinski definition) is 2. The molecule has 1 N–H and O–H groups in total. The Hall–Kier alpha value is -2.05. The van der Waals surface area contributed by atoms with Crippen molar-refractivity contribution in [2.75, 3.05) is 0 Å². The van der Waals surface area contributed by atoms with Gasteiger partial charge in [0.15, 0.2) is 5.69 Å². The Morgan fingerprint density at radius 3 is 2.74 bits per heavy atom. The second-order valence-electron chi connectivity index (χ2n) is 4.48. The fourth-order valence-corrected chi connectivity index (χ4v) is 1.89. The molecule has 0 spiro atoms. The Morgan fingerprint density at radius 1 is 1.37 bits per heavy atom. The van der Waals surface area contributed by atoms with E-state index in [1.165, 1.54) is 16.7 Å². The first-order valence-electron chi connectivity index (χ1n) is 5.82. The Morgan fingerprint density at radius 2 is 2.11 bits per heavy atom. The second kappa shape index (κ2) is 3.97. The SMILES string of the molecule is O=C(NC1CC1)c1c(C(F)(F)F)nc2ccccn12. The highest BCUT2D eigenvalue weighted by molar-refractivity contribution is 5.95. The van der Waals surface area contributed by atoms with E-state index in [4.69, 9.17) is 0 Å². The molecule has 1 amide bonds. The van der Waals surface area contributed by atoms with E-state index >= 15 is 0 Å². The summed E-state index contributed by atoms with van der Waals surface area (Å²) in [5.74, 6) is -0.728. The number of pyridine rings is 1. The molecule has 0 saturated heterocycles. The maximum atomic E-state index is 12.9. The van der Waals surface area contributed by atoms with Gasteiger partial charge in [0.1, 0.15) is 11.3 Å². The van der Waals surface area contributed by atoms with Crippen molar-refractivity contribution in [1.29, 1.82) is 0 Å². The number of aromatic nitrogens is 2. The van der Waals surface area contributed by atoms with Crippen LogP contribution in [0.3, 0.4) is 0 Å². The zero-order valence-corrected chi connectivity index (χ0v) is 9.74. The summed E-state index contributed by atoms with van der Waals surface area (Å²) >= 11 is 0. The zero-order chi connectivity index (χ0) is 13.6. The third-order valence-corrected chi connectivity index (χ3v) is 2.93. The van der Waals surface area contributed by atoms with Gasteiger partial charge in [-0.25, -0.2) is 4.98 Å². The van der Waals surface area contributed by atoms with E-state index in [1.807, 2.05) is 0 Å². The number of amides is 1. The molecule has 0 aromatic carbocycles. The van der Waals surface area contributed by atoms with Crippen LogP contribution in [0.4, 0.5) is 13.2 Å². The zero-order valence-electron chi connectivity index (χ0n) is 9.74. The fraction of sp³-hybridized carbons (Fsp3) is 0.333. The number of rotatable bonds is 2. The molecule has 19 heavy (non-hydrogen) atoms. The molecule has 3 rings (SSSR count). The van der Waals surface area contributed by atoms with E-state index < -0.39 is 23.5 Å². The lowest BCUT2D eigenvalue weighted by atomic mass is 10.3. The predicted molar refractivity (Wildman–Crippen MR) is 60.7 cm³/mol. The number of alkyl halides is 3. The van der Waals surface area contributed by atoms with Gasteiger partial charge in [-0.2, -0.15) is 13.2 Å². The standard InChI is InChI=1S/C12H10F3N3O/c13-12(14,15)10-9(11(19)16-7-4-5-7)18-6-2-1-3-8(18)17-10/h1-3,6-7H,4-5H2,(H,16,19). The van der Waals surface area contributed by atoms with Crippen LogP contribution in [0.25, 0.3) is 5.65 Å². The number of fused-ring (bicyclic) bond motifs is 1. The van der Waals surface area contributed by atoms with Crippen molar-refractivity contribution in [3.05, 3.63) is 35.8 Å². The molecule has 2 heterocycles. The number of carbonyl (C=O) groups excluding carboxylic acids is 1. The summed E-state index contributed by atoms with van der Waals surface area (Å²) in [7, 11) is 0. The molecule has 2 aromatic rings. The summed E-state index contributed by atoms with van der Waals surface area (Å²) < 4.78 is 40.0. The molecule has 4 nitrogen and oxygen atoms in total. The summed E-state index contributed by atoms with van der Waals surface area (Å²) in [6, 6.07) is 4.56. The maximum absolute atomic E-state index is 12.9. The highest BCUT2D eigenvalue weighted by Crippen LogP contribution is 2.32. The molecular formula is C12H10F3N3O. The van der Waals surface area contributed by atoms with Gasteiger partial charge >= 0.3 is 6.18 Å². The molecule has 1 saturated carbocycles. The van der Waals surface area contributed by atoms with E-state index in [0.717, 1.165) is 12.8 Å². The Balaban J connectivity index is 2.15. The maximum Gasteiger partial charge on any atom is 0.435 e. The van der Waals surface area contributed by atoms with E-state index in [-0.39, 0.29) is 11.7 Å². The topological polar surface area (TPSA) is 46.4 Å². The lowest BCUT2D eigenvalue weighted by Crippen LogP contribution is -2.29. The van der Waals surface area contributed by atoms with Crippen LogP contribution in [-0.2, 0) is 6.18 Å². The lowest BCUT2D eigenvalue weighted by Gasteiger charge is -2.07. The van der Waals surface area contributed by atoms with Crippen molar-refractivity contribution in [3.8, 4) is 0 Å². The average Bonchev–Trinajstić information content (AvgIpc) is 3.05. The summed E-state index contributed by atoms with van der Waals surface area (Å²) in [6.45, 7) is 0. The minimum atomic E-state index is -4.65. The average molecular weight is 269 g/mol. The molecule has 1 aliphatic carbocycles. The highest BCUT2D eigenvalue weighted by atomic mass is 19.4. The number of halogens is 3. The van der Waals surface area contributed by atoms with Gasteiger partial charge in [-0.3, -0.25) is 9.20 Å². The Bertz CT molecular complexity index is 643. The first-order valence-corrected chi connectivity index (χ1v) is 5.82. The van der Waals surface area contributed by atoms with Gasteiger partial charge in [-0.15, -0.1) is 0 Å². The van der Waals surface area contributed by atoms with Crippen LogP contribution in [0.2, 0.25) is 0 Å². The minimum Gasteiger partial charge on any atom is -0.348 e. The molecule has 100 valence electrons. The molecule has 0 atom stereocenters. The summed E-state index contributed by atoms with van der Waals surface area (Å²) in [6.07, 6.45) is -1.63. The van der Waals surface area contributed by atoms with Crippen molar-refractivity contribution >= 4 is 11.6 Å². The van der Waals surface area contributed by atoms with Gasteiger partial charge in [-0.05, 0) is 25.0 Å². The van der Waals surface area contributed by atoms with Crippen LogP contribution in [0, 0.1) is 0 Å². The first kappa shape index (κ1) is 12.0. The molecule has 0 aliphatic heterocycles. The van der Waals surface area contributed by atoms with Gasteiger partial charge < -0.3 is 5.32 Å².